The van der Waals surface area contributed by atoms with Crippen molar-refractivity contribution in [2.45, 2.75) is 19.0 Å². The lowest BCUT2D eigenvalue weighted by Crippen LogP contribution is -2.41. The van der Waals surface area contributed by atoms with Gasteiger partial charge in [-0.05, 0) is 53.9 Å². The molecule has 1 heterocycles. The topological polar surface area (TPSA) is 73.6 Å². The van der Waals surface area contributed by atoms with Crippen LogP contribution in [-0.2, 0) is 20.7 Å². The smallest absolute Gasteiger partial charge is 0.305 e. The number of ether oxygens (including phenoxy) is 1. The van der Waals surface area contributed by atoms with E-state index >= 15 is 0 Å². The van der Waals surface area contributed by atoms with Crippen LogP contribution in [0.5, 0.6) is 0 Å². The summed E-state index contributed by atoms with van der Waals surface area (Å²) in [5.41, 5.74) is 5.11. The Kier molecular flexibility index (Phi) is 6.51. The van der Waals surface area contributed by atoms with E-state index in [0.29, 0.717) is 18.4 Å². The number of hydrogen-bond donors (Lipinski definition) is 0. The van der Waals surface area contributed by atoms with Gasteiger partial charge in [-0.1, -0.05) is 42.5 Å². The van der Waals surface area contributed by atoms with Crippen LogP contribution in [0.1, 0.15) is 23.1 Å². The van der Waals surface area contributed by atoms with Crippen molar-refractivity contribution in [2.24, 2.45) is 0 Å². The molecule has 3 aromatic carbocycles. The Hall–Kier alpha value is -4.37. The lowest BCUT2D eigenvalue weighted by molar-refractivity contribution is -0.140. The zero-order valence-electron chi connectivity index (χ0n) is 18.2. The van der Waals surface area contributed by atoms with Gasteiger partial charge in [-0.2, -0.15) is 5.26 Å². The number of nitriles is 1. The lowest BCUT2D eigenvalue weighted by Gasteiger charge is -2.30. The standard InChI is InChI=1S/C27H23N3O3/c1-33-27(32)16-11-20-9-14-23(15-10-20)29-18-25(22-12-7-21(17-28)8-13-22)30(26(29)19-31)24-5-3-2-4-6-24/h2-10,12-15,18-19,26H,11,16H2,1H3. The quantitative estimate of drug-likeness (QED) is 0.400. The molecule has 1 unspecified atom stereocenters. The number of anilines is 2. The number of nitrogens with zero attached hydrogens (tertiary/aromatic N) is 3. The van der Waals surface area contributed by atoms with Crippen LogP contribution in [0, 0.1) is 11.3 Å². The number of carbonyl (C=O) groups excluding carboxylic acids is 2. The highest BCUT2D eigenvalue weighted by Crippen LogP contribution is 2.37. The summed E-state index contributed by atoms with van der Waals surface area (Å²) in [5, 5.41) is 9.14. The molecule has 0 spiro atoms. The van der Waals surface area contributed by atoms with E-state index in [2.05, 4.69) is 6.07 Å². The minimum Gasteiger partial charge on any atom is -0.469 e. The fraction of sp³-hybridized carbons (Fsp3) is 0.148. The third-order valence-electron chi connectivity index (χ3n) is 5.62. The van der Waals surface area contributed by atoms with E-state index in [9.17, 15) is 9.59 Å². The molecule has 1 atom stereocenters. The van der Waals surface area contributed by atoms with Crippen LogP contribution in [0.15, 0.2) is 85.1 Å². The maximum absolute atomic E-state index is 12.3. The first-order chi connectivity index (χ1) is 16.1. The van der Waals surface area contributed by atoms with E-state index in [4.69, 9.17) is 10.00 Å². The number of benzene rings is 3. The number of esters is 1. The van der Waals surface area contributed by atoms with Crippen molar-refractivity contribution in [1.82, 2.24) is 0 Å². The molecule has 6 nitrogen and oxygen atoms in total. The van der Waals surface area contributed by atoms with Crippen molar-refractivity contribution in [3.8, 4) is 6.07 Å². The Morgan fingerprint density at radius 2 is 1.70 bits per heavy atom. The highest BCUT2D eigenvalue weighted by Gasteiger charge is 2.34. The predicted molar refractivity (Wildman–Crippen MR) is 127 cm³/mol. The van der Waals surface area contributed by atoms with Crippen LogP contribution in [0.3, 0.4) is 0 Å². The Morgan fingerprint density at radius 1 is 1.00 bits per heavy atom. The van der Waals surface area contributed by atoms with Gasteiger partial charge in [-0.25, -0.2) is 0 Å². The normalized spacial score (nSPS) is 15.0. The van der Waals surface area contributed by atoms with Gasteiger partial charge >= 0.3 is 5.97 Å². The van der Waals surface area contributed by atoms with E-state index in [1.807, 2.05) is 82.7 Å². The summed E-state index contributed by atoms with van der Waals surface area (Å²) in [6.45, 7) is 0. The minimum atomic E-state index is -0.570. The van der Waals surface area contributed by atoms with E-state index in [-0.39, 0.29) is 5.97 Å². The van der Waals surface area contributed by atoms with Crippen molar-refractivity contribution in [3.63, 3.8) is 0 Å². The Morgan fingerprint density at radius 3 is 2.30 bits per heavy atom. The average Bonchev–Trinajstić information content (AvgIpc) is 3.27. The maximum Gasteiger partial charge on any atom is 0.305 e. The van der Waals surface area contributed by atoms with Crippen LogP contribution in [0.2, 0.25) is 0 Å². The molecule has 0 saturated heterocycles. The van der Waals surface area contributed by atoms with Gasteiger partial charge in [0, 0.05) is 24.0 Å². The minimum absolute atomic E-state index is 0.242. The largest absolute Gasteiger partial charge is 0.469 e. The van der Waals surface area contributed by atoms with E-state index < -0.39 is 6.17 Å². The van der Waals surface area contributed by atoms with Crippen LogP contribution in [0.4, 0.5) is 11.4 Å². The first-order valence-electron chi connectivity index (χ1n) is 10.6. The zero-order valence-corrected chi connectivity index (χ0v) is 18.2. The fourth-order valence-corrected chi connectivity index (χ4v) is 3.88. The van der Waals surface area contributed by atoms with Crippen LogP contribution >= 0.6 is 0 Å². The van der Waals surface area contributed by atoms with E-state index in [0.717, 1.165) is 34.5 Å². The summed E-state index contributed by atoms with van der Waals surface area (Å²) in [6, 6.07) is 27.0. The number of hydrogen-bond acceptors (Lipinski definition) is 6. The molecule has 0 saturated carbocycles. The molecule has 0 aliphatic carbocycles. The molecule has 0 N–H and O–H groups in total. The monoisotopic (exact) mass is 437 g/mol. The van der Waals surface area contributed by atoms with E-state index in [1.165, 1.54) is 7.11 Å². The summed E-state index contributed by atoms with van der Waals surface area (Å²) in [5.74, 6) is -0.242. The third-order valence-corrected chi connectivity index (χ3v) is 5.62. The summed E-state index contributed by atoms with van der Waals surface area (Å²) < 4.78 is 4.71. The lowest BCUT2D eigenvalue weighted by atomic mass is 10.1. The van der Waals surface area contributed by atoms with Gasteiger partial charge in [0.25, 0.3) is 0 Å². The molecule has 0 fully saturated rings. The second-order valence-corrected chi connectivity index (χ2v) is 7.61. The molecule has 33 heavy (non-hydrogen) atoms. The Bertz CT molecular complexity index is 1200. The summed E-state index contributed by atoms with van der Waals surface area (Å²) in [4.78, 5) is 27.7. The molecule has 0 radical (unpaired) electrons. The molecule has 3 aromatic rings. The van der Waals surface area contributed by atoms with Gasteiger partial charge < -0.3 is 14.5 Å². The van der Waals surface area contributed by atoms with Crippen molar-refractivity contribution in [1.29, 1.82) is 5.26 Å². The van der Waals surface area contributed by atoms with Crippen molar-refractivity contribution >= 4 is 29.3 Å². The van der Waals surface area contributed by atoms with Gasteiger partial charge in [0.05, 0.1) is 24.4 Å². The maximum atomic E-state index is 12.3. The number of carbonyl (C=O) groups is 2. The second kappa shape index (κ2) is 9.84. The van der Waals surface area contributed by atoms with Gasteiger partial charge in [0.1, 0.15) is 0 Å². The summed E-state index contributed by atoms with van der Waals surface area (Å²) in [7, 11) is 1.38. The first-order valence-corrected chi connectivity index (χ1v) is 10.6. The van der Waals surface area contributed by atoms with Crippen molar-refractivity contribution < 1.29 is 14.3 Å². The highest BCUT2D eigenvalue weighted by molar-refractivity contribution is 5.92. The Labute approximate surface area is 192 Å². The SMILES string of the molecule is COC(=O)CCc1ccc(N2C=C(c3ccc(C#N)cc3)N(c3ccccc3)C2C=O)cc1. The Balaban J connectivity index is 1.70. The molecule has 164 valence electrons. The van der Waals surface area contributed by atoms with Gasteiger partial charge in [0.2, 0.25) is 0 Å². The number of aldehydes is 1. The molecule has 4 rings (SSSR count). The summed E-state index contributed by atoms with van der Waals surface area (Å²) >= 11 is 0. The van der Waals surface area contributed by atoms with Crippen LogP contribution in [0.25, 0.3) is 5.70 Å². The molecule has 0 bridgehead atoms. The predicted octanol–water partition coefficient (Wildman–Crippen LogP) is 4.51. The van der Waals surface area contributed by atoms with Crippen molar-refractivity contribution in [3.05, 3.63) is 102 Å². The molecule has 6 heteroatoms. The molecular formula is C27H23N3O3. The van der Waals surface area contributed by atoms with Crippen LogP contribution in [-0.4, -0.2) is 25.5 Å². The fourth-order valence-electron chi connectivity index (χ4n) is 3.88. The third kappa shape index (κ3) is 4.63. The summed E-state index contributed by atoms with van der Waals surface area (Å²) in [6.07, 6.45) is 3.22. The number of para-hydroxylation sites is 1. The first kappa shape index (κ1) is 21.8. The second-order valence-electron chi connectivity index (χ2n) is 7.61. The highest BCUT2D eigenvalue weighted by atomic mass is 16.5. The molecule has 0 aromatic heterocycles. The molecule has 1 aliphatic rings. The molecule has 0 amide bonds. The van der Waals surface area contributed by atoms with Crippen LogP contribution < -0.4 is 9.80 Å². The number of methoxy groups -OCH3 is 1. The number of aryl methyl sites for hydroxylation is 1. The van der Waals surface area contributed by atoms with Crippen molar-refractivity contribution in [2.75, 3.05) is 16.9 Å². The van der Waals surface area contributed by atoms with E-state index in [1.54, 1.807) is 12.1 Å². The number of rotatable bonds is 7. The average molecular weight is 437 g/mol. The van der Waals surface area contributed by atoms with Gasteiger partial charge in [-0.15, -0.1) is 0 Å². The zero-order chi connectivity index (χ0) is 23.2. The molecule has 1 aliphatic heterocycles. The van der Waals surface area contributed by atoms with Gasteiger partial charge in [0.15, 0.2) is 12.5 Å². The molecular weight excluding hydrogens is 414 g/mol. The van der Waals surface area contributed by atoms with Gasteiger partial charge in [-0.3, -0.25) is 9.59 Å².